The van der Waals surface area contributed by atoms with Gasteiger partial charge in [-0.3, -0.25) is 0 Å². The van der Waals surface area contributed by atoms with E-state index in [1.165, 1.54) is 20.9 Å². The zero-order valence-corrected chi connectivity index (χ0v) is 16.3. The Labute approximate surface area is 163 Å². The normalized spacial score (nSPS) is 13.4. The maximum absolute atomic E-state index is 2.28. The van der Waals surface area contributed by atoms with Crippen LogP contribution < -0.4 is 0 Å². The highest BCUT2D eigenvalue weighted by molar-refractivity contribution is 7.10. The van der Waals surface area contributed by atoms with Crippen molar-refractivity contribution >= 4 is 22.7 Å². The molecule has 2 atom stereocenters. The van der Waals surface area contributed by atoms with Crippen molar-refractivity contribution in [1.29, 1.82) is 0 Å². The molecule has 0 N–H and O–H groups in total. The lowest BCUT2D eigenvalue weighted by Crippen LogP contribution is -2.05. The SMILES string of the molecule is c1ccc(C(CCC(c2ccccc2)c2cccs2)c2cccs2)cc1. The van der Waals surface area contributed by atoms with E-state index in [1.54, 1.807) is 0 Å². The molecule has 0 spiro atoms. The van der Waals surface area contributed by atoms with Gasteiger partial charge in [0.25, 0.3) is 0 Å². The lowest BCUT2D eigenvalue weighted by molar-refractivity contribution is 0.623. The van der Waals surface area contributed by atoms with Gasteiger partial charge in [0.05, 0.1) is 0 Å². The van der Waals surface area contributed by atoms with Gasteiger partial charge >= 0.3 is 0 Å². The minimum Gasteiger partial charge on any atom is -0.148 e. The summed E-state index contributed by atoms with van der Waals surface area (Å²) in [5, 5.41) is 4.39. The third kappa shape index (κ3) is 3.98. The molecule has 2 unspecified atom stereocenters. The van der Waals surface area contributed by atoms with Crippen molar-refractivity contribution in [1.82, 2.24) is 0 Å². The van der Waals surface area contributed by atoms with Gasteiger partial charge in [0.2, 0.25) is 0 Å². The average Bonchev–Trinajstić information content (AvgIpc) is 3.41. The summed E-state index contributed by atoms with van der Waals surface area (Å²) in [6.45, 7) is 0. The molecule has 0 aliphatic heterocycles. The molecular weight excluding hydrogens is 352 g/mol. The van der Waals surface area contributed by atoms with Gasteiger partial charge in [0.15, 0.2) is 0 Å². The van der Waals surface area contributed by atoms with E-state index in [0.717, 1.165) is 12.8 Å². The fourth-order valence-corrected chi connectivity index (χ4v) is 5.41. The standard InChI is InChI=1S/C24H22S2/c1-3-9-19(10-4-1)21(23-13-7-17-25-23)15-16-22(24-14-8-18-26-24)20-11-5-2-6-12-20/h1-14,17-18,21-22H,15-16H2. The summed E-state index contributed by atoms with van der Waals surface area (Å²) in [7, 11) is 0. The van der Waals surface area contributed by atoms with E-state index in [9.17, 15) is 0 Å². The van der Waals surface area contributed by atoms with E-state index < -0.39 is 0 Å². The molecule has 2 aromatic carbocycles. The summed E-state index contributed by atoms with van der Waals surface area (Å²) in [6, 6.07) is 30.8. The number of hydrogen-bond acceptors (Lipinski definition) is 2. The first-order valence-corrected chi connectivity index (χ1v) is 10.8. The highest BCUT2D eigenvalue weighted by atomic mass is 32.1. The monoisotopic (exact) mass is 374 g/mol. The molecule has 0 saturated heterocycles. The van der Waals surface area contributed by atoms with Crippen LogP contribution in [0.1, 0.15) is 45.6 Å². The molecule has 0 bridgehead atoms. The highest BCUT2D eigenvalue weighted by Crippen LogP contribution is 2.38. The van der Waals surface area contributed by atoms with Gasteiger partial charge < -0.3 is 0 Å². The second kappa shape index (κ2) is 8.48. The van der Waals surface area contributed by atoms with E-state index in [4.69, 9.17) is 0 Å². The lowest BCUT2D eigenvalue weighted by Gasteiger charge is -2.21. The topological polar surface area (TPSA) is 0 Å². The molecule has 2 heteroatoms. The van der Waals surface area contributed by atoms with Crippen LogP contribution in [0.2, 0.25) is 0 Å². The molecule has 0 radical (unpaired) electrons. The molecule has 0 saturated carbocycles. The van der Waals surface area contributed by atoms with E-state index in [2.05, 4.69) is 95.7 Å². The second-order valence-corrected chi connectivity index (χ2v) is 8.49. The van der Waals surface area contributed by atoms with Crippen LogP contribution >= 0.6 is 22.7 Å². The van der Waals surface area contributed by atoms with Crippen LogP contribution in [0.5, 0.6) is 0 Å². The number of benzene rings is 2. The van der Waals surface area contributed by atoms with Crippen molar-refractivity contribution in [2.45, 2.75) is 24.7 Å². The molecular formula is C24H22S2. The molecule has 4 aromatic rings. The Hall–Kier alpha value is -2.16. The summed E-state index contributed by atoms with van der Waals surface area (Å²) in [4.78, 5) is 2.93. The molecule has 2 heterocycles. The quantitative estimate of drug-likeness (QED) is 0.313. The first kappa shape index (κ1) is 17.3. The third-order valence-electron chi connectivity index (χ3n) is 4.92. The van der Waals surface area contributed by atoms with Gasteiger partial charge in [-0.25, -0.2) is 0 Å². The van der Waals surface area contributed by atoms with Crippen molar-refractivity contribution < 1.29 is 0 Å². The zero-order chi connectivity index (χ0) is 17.6. The Bertz CT molecular complexity index is 800. The van der Waals surface area contributed by atoms with Gasteiger partial charge in [-0.2, -0.15) is 0 Å². The lowest BCUT2D eigenvalue weighted by atomic mass is 9.86. The Morgan fingerprint density at radius 2 is 0.923 bits per heavy atom. The fourth-order valence-electron chi connectivity index (χ4n) is 3.63. The van der Waals surface area contributed by atoms with E-state index >= 15 is 0 Å². The Balaban J connectivity index is 1.61. The Kier molecular flexibility index (Phi) is 5.63. The van der Waals surface area contributed by atoms with Crippen LogP contribution in [0.15, 0.2) is 95.7 Å². The van der Waals surface area contributed by atoms with Crippen LogP contribution in [-0.2, 0) is 0 Å². The summed E-state index contributed by atoms with van der Waals surface area (Å²) < 4.78 is 0. The van der Waals surface area contributed by atoms with E-state index in [-0.39, 0.29) is 0 Å². The predicted molar refractivity (Wildman–Crippen MR) is 114 cm³/mol. The van der Waals surface area contributed by atoms with Crippen molar-refractivity contribution in [2.75, 3.05) is 0 Å². The first-order chi connectivity index (χ1) is 12.9. The fraction of sp³-hybridized carbons (Fsp3) is 0.167. The maximum Gasteiger partial charge on any atom is 0.0184 e. The average molecular weight is 375 g/mol. The summed E-state index contributed by atoms with van der Waals surface area (Å²) in [6.07, 6.45) is 2.31. The maximum atomic E-state index is 2.28. The van der Waals surface area contributed by atoms with Crippen molar-refractivity contribution in [3.63, 3.8) is 0 Å². The van der Waals surface area contributed by atoms with Gasteiger partial charge in [-0.1, -0.05) is 72.8 Å². The predicted octanol–water partition coefficient (Wildman–Crippen LogP) is 7.55. The summed E-state index contributed by atoms with van der Waals surface area (Å²) in [5.74, 6) is 0.949. The second-order valence-electron chi connectivity index (χ2n) is 6.53. The van der Waals surface area contributed by atoms with Crippen LogP contribution in [0.4, 0.5) is 0 Å². The molecule has 0 amide bonds. The zero-order valence-electron chi connectivity index (χ0n) is 14.6. The molecule has 130 valence electrons. The highest BCUT2D eigenvalue weighted by Gasteiger charge is 2.20. The van der Waals surface area contributed by atoms with Crippen LogP contribution in [0.3, 0.4) is 0 Å². The van der Waals surface area contributed by atoms with Crippen LogP contribution in [-0.4, -0.2) is 0 Å². The summed E-state index contributed by atoms with van der Waals surface area (Å²) >= 11 is 3.75. The van der Waals surface area contributed by atoms with Gasteiger partial charge in [-0.05, 0) is 46.9 Å². The number of hydrogen-bond donors (Lipinski definition) is 0. The van der Waals surface area contributed by atoms with Crippen LogP contribution in [0, 0.1) is 0 Å². The third-order valence-corrected chi connectivity index (χ3v) is 6.89. The van der Waals surface area contributed by atoms with Gasteiger partial charge in [0.1, 0.15) is 0 Å². The molecule has 26 heavy (non-hydrogen) atoms. The van der Waals surface area contributed by atoms with E-state index in [0.29, 0.717) is 11.8 Å². The molecule has 0 fully saturated rings. The minimum atomic E-state index is 0.474. The van der Waals surface area contributed by atoms with Crippen molar-refractivity contribution in [3.8, 4) is 0 Å². The molecule has 4 rings (SSSR count). The van der Waals surface area contributed by atoms with Crippen LogP contribution in [0.25, 0.3) is 0 Å². The number of rotatable bonds is 7. The molecule has 0 aliphatic rings. The smallest absolute Gasteiger partial charge is 0.0184 e. The van der Waals surface area contributed by atoms with Gasteiger partial charge in [-0.15, -0.1) is 22.7 Å². The van der Waals surface area contributed by atoms with E-state index in [1.807, 2.05) is 22.7 Å². The molecule has 0 nitrogen and oxygen atoms in total. The van der Waals surface area contributed by atoms with Crippen molar-refractivity contribution in [2.24, 2.45) is 0 Å². The Morgan fingerprint density at radius 1 is 0.500 bits per heavy atom. The summed E-state index contributed by atoms with van der Waals surface area (Å²) in [5.41, 5.74) is 2.85. The minimum absolute atomic E-state index is 0.474. The largest absolute Gasteiger partial charge is 0.148 e. The Morgan fingerprint density at radius 3 is 1.27 bits per heavy atom. The first-order valence-electron chi connectivity index (χ1n) is 9.08. The molecule has 0 aliphatic carbocycles. The molecule has 2 aromatic heterocycles. The van der Waals surface area contributed by atoms with Gasteiger partial charge in [0, 0.05) is 21.6 Å². The number of thiophene rings is 2. The van der Waals surface area contributed by atoms with Crippen molar-refractivity contribution in [3.05, 3.63) is 117 Å².